The number of halogens is 1. The quantitative estimate of drug-likeness (QED) is 0.879. The Morgan fingerprint density at radius 3 is 2.59 bits per heavy atom. The minimum atomic E-state index is -0.164. The second kappa shape index (κ2) is 4.69. The zero-order chi connectivity index (χ0) is 12.4. The molecular formula is C12H12ClN3O. The molecule has 0 radical (unpaired) electrons. The molecule has 0 spiro atoms. The maximum atomic E-state index is 11.5. The smallest absolute Gasteiger partial charge is 0.266 e. The first kappa shape index (κ1) is 11.8. The number of aromatic nitrogens is 2. The van der Waals surface area contributed by atoms with Crippen molar-refractivity contribution in [1.29, 1.82) is 0 Å². The van der Waals surface area contributed by atoms with Crippen molar-refractivity contribution in [2.24, 2.45) is 12.8 Å². The summed E-state index contributed by atoms with van der Waals surface area (Å²) in [5.74, 6) is 0. The molecule has 0 saturated heterocycles. The molecule has 2 aromatic rings. The Morgan fingerprint density at radius 1 is 1.35 bits per heavy atom. The number of hydrogen-bond acceptors (Lipinski definition) is 3. The van der Waals surface area contributed by atoms with Gasteiger partial charge in [0.1, 0.15) is 0 Å². The third-order valence-corrected chi connectivity index (χ3v) is 2.76. The Bertz CT molecular complexity index is 590. The summed E-state index contributed by atoms with van der Waals surface area (Å²) in [5.41, 5.74) is 7.80. The number of rotatable bonds is 2. The fourth-order valence-electron chi connectivity index (χ4n) is 1.58. The average molecular weight is 250 g/mol. The monoisotopic (exact) mass is 249 g/mol. The fraction of sp³-hybridized carbons (Fsp3) is 0.167. The fourth-order valence-corrected chi connectivity index (χ4v) is 1.71. The highest BCUT2D eigenvalue weighted by Crippen LogP contribution is 2.21. The predicted molar refractivity (Wildman–Crippen MR) is 67.8 cm³/mol. The van der Waals surface area contributed by atoms with Crippen LogP contribution in [0, 0.1) is 0 Å². The van der Waals surface area contributed by atoms with Crippen molar-refractivity contribution in [2.45, 2.75) is 6.54 Å². The van der Waals surface area contributed by atoms with Gasteiger partial charge in [-0.05, 0) is 17.7 Å². The predicted octanol–water partition coefficient (Wildman–Crippen LogP) is 1.56. The van der Waals surface area contributed by atoms with E-state index in [1.807, 2.05) is 12.1 Å². The molecule has 2 N–H and O–H groups in total. The highest BCUT2D eigenvalue weighted by Gasteiger charge is 2.08. The Balaban J connectivity index is 2.61. The molecule has 1 heterocycles. The van der Waals surface area contributed by atoms with E-state index in [4.69, 9.17) is 17.3 Å². The lowest BCUT2D eigenvalue weighted by molar-refractivity contribution is 0.704. The van der Waals surface area contributed by atoms with Gasteiger partial charge in [-0.1, -0.05) is 23.7 Å². The summed E-state index contributed by atoms with van der Waals surface area (Å²) < 4.78 is 1.29. The van der Waals surface area contributed by atoms with Gasteiger partial charge in [-0.15, -0.1) is 0 Å². The normalized spacial score (nSPS) is 10.5. The van der Waals surface area contributed by atoms with Crippen molar-refractivity contribution >= 4 is 11.6 Å². The number of nitrogens with two attached hydrogens (primary N) is 1. The molecule has 17 heavy (non-hydrogen) atoms. The molecule has 0 saturated carbocycles. The minimum absolute atomic E-state index is 0.164. The number of benzene rings is 1. The van der Waals surface area contributed by atoms with Crippen molar-refractivity contribution in [3.05, 3.63) is 51.3 Å². The molecule has 0 aliphatic rings. The van der Waals surface area contributed by atoms with Crippen molar-refractivity contribution in [2.75, 3.05) is 0 Å². The first-order valence-corrected chi connectivity index (χ1v) is 5.53. The standard InChI is InChI=1S/C12H12ClN3O/c1-16-11(17)6-9(7-14)12(15-16)8-2-4-10(13)5-3-8/h2-6H,7,14H2,1H3. The van der Waals surface area contributed by atoms with E-state index in [1.165, 1.54) is 10.7 Å². The van der Waals surface area contributed by atoms with Crippen LogP contribution in [-0.2, 0) is 13.6 Å². The lowest BCUT2D eigenvalue weighted by atomic mass is 10.1. The van der Waals surface area contributed by atoms with E-state index < -0.39 is 0 Å². The van der Waals surface area contributed by atoms with E-state index in [1.54, 1.807) is 19.2 Å². The van der Waals surface area contributed by atoms with Gasteiger partial charge in [0.2, 0.25) is 0 Å². The van der Waals surface area contributed by atoms with Gasteiger partial charge in [0.05, 0.1) is 5.69 Å². The Hall–Kier alpha value is -1.65. The molecule has 0 bridgehead atoms. The molecule has 0 amide bonds. The number of aryl methyl sites for hydroxylation is 1. The summed E-state index contributed by atoms with van der Waals surface area (Å²) in [6.07, 6.45) is 0. The van der Waals surface area contributed by atoms with Crippen molar-refractivity contribution in [1.82, 2.24) is 9.78 Å². The molecule has 2 rings (SSSR count). The topological polar surface area (TPSA) is 60.9 Å². The molecule has 0 aliphatic carbocycles. The zero-order valence-corrected chi connectivity index (χ0v) is 10.1. The van der Waals surface area contributed by atoms with Crippen LogP contribution in [0.3, 0.4) is 0 Å². The van der Waals surface area contributed by atoms with Gasteiger partial charge < -0.3 is 5.73 Å². The van der Waals surface area contributed by atoms with Crippen LogP contribution >= 0.6 is 11.6 Å². The highest BCUT2D eigenvalue weighted by atomic mass is 35.5. The Morgan fingerprint density at radius 2 is 2.00 bits per heavy atom. The minimum Gasteiger partial charge on any atom is -0.326 e. The van der Waals surface area contributed by atoms with Gasteiger partial charge in [-0.2, -0.15) is 5.10 Å². The molecule has 1 aromatic carbocycles. The van der Waals surface area contributed by atoms with Gasteiger partial charge >= 0.3 is 0 Å². The third kappa shape index (κ3) is 2.38. The van der Waals surface area contributed by atoms with Crippen molar-refractivity contribution in [3.63, 3.8) is 0 Å². The van der Waals surface area contributed by atoms with Crippen LogP contribution in [0.25, 0.3) is 11.3 Å². The third-order valence-electron chi connectivity index (χ3n) is 2.51. The van der Waals surface area contributed by atoms with Crippen LogP contribution in [0.15, 0.2) is 35.1 Å². The van der Waals surface area contributed by atoms with Gasteiger partial charge in [0.25, 0.3) is 5.56 Å². The Labute approximate surface area is 104 Å². The van der Waals surface area contributed by atoms with Crippen LogP contribution in [0.2, 0.25) is 5.02 Å². The number of nitrogens with zero attached hydrogens (tertiary/aromatic N) is 2. The largest absolute Gasteiger partial charge is 0.326 e. The molecule has 5 heteroatoms. The van der Waals surface area contributed by atoms with Gasteiger partial charge in [0, 0.05) is 30.2 Å². The van der Waals surface area contributed by atoms with Crippen molar-refractivity contribution in [3.8, 4) is 11.3 Å². The van der Waals surface area contributed by atoms with Gasteiger partial charge in [-0.25, -0.2) is 4.68 Å². The summed E-state index contributed by atoms with van der Waals surface area (Å²) in [6.45, 7) is 0.279. The lowest BCUT2D eigenvalue weighted by Crippen LogP contribution is -2.21. The second-order valence-corrected chi connectivity index (χ2v) is 4.13. The van der Waals surface area contributed by atoms with Crippen molar-refractivity contribution < 1.29 is 0 Å². The van der Waals surface area contributed by atoms with E-state index in [0.717, 1.165) is 11.1 Å². The average Bonchev–Trinajstić information content (AvgIpc) is 2.33. The van der Waals surface area contributed by atoms with Crippen LogP contribution in [0.5, 0.6) is 0 Å². The molecule has 0 unspecified atom stereocenters. The van der Waals surface area contributed by atoms with Gasteiger partial charge in [-0.3, -0.25) is 4.79 Å². The van der Waals surface area contributed by atoms with E-state index in [2.05, 4.69) is 5.10 Å². The first-order chi connectivity index (χ1) is 8.11. The highest BCUT2D eigenvalue weighted by molar-refractivity contribution is 6.30. The second-order valence-electron chi connectivity index (χ2n) is 3.69. The summed E-state index contributed by atoms with van der Waals surface area (Å²) in [4.78, 5) is 11.5. The Kier molecular flexibility index (Phi) is 3.26. The van der Waals surface area contributed by atoms with E-state index in [-0.39, 0.29) is 12.1 Å². The van der Waals surface area contributed by atoms with Crippen LogP contribution in [-0.4, -0.2) is 9.78 Å². The summed E-state index contributed by atoms with van der Waals surface area (Å²) in [7, 11) is 1.61. The van der Waals surface area contributed by atoms with Gasteiger partial charge in [0.15, 0.2) is 0 Å². The molecule has 4 nitrogen and oxygen atoms in total. The maximum absolute atomic E-state index is 11.5. The van der Waals surface area contributed by atoms with E-state index in [0.29, 0.717) is 10.7 Å². The summed E-state index contributed by atoms with van der Waals surface area (Å²) in [5, 5.41) is 4.88. The maximum Gasteiger partial charge on any atom is 0.266 e. The van der Waals surface area contributed by atoms with Crippen LogP contribution in [0.1, 0.15) is 5.56 Å². The zero-order valence-electron chi connectivity index (χ0n) is 9.35. The first-order valence-electron chi connectivity index (χ1n) is 5.15. The summed E-state index contributed by atoms with van der Waals surface area (Å²) >= 11 is 5.83. The molecule has 0 fully saturated rings. The summed E-state index contributed by atoms with van der Waals surface area (Å²) in [6, 6.07) is 8.79. The molecule has 0 aliphatic heterocycles. The van der Waals surface area contributed by atoms with Crippen LogP contribution in [0.4, 0.5) is 0 Å². The molecule has 1 aromatic heterocycles. The van der Waals surface area contributed by atoms with E-state index >= 15 is 0 Å². The molecule has 88 valence electrons. The van der Waals surface area contributed by atoms with Crippen LogP contribution < -0.4 is 11.3 Å². The number of hydrogen-bond donors (Lipinski definition) is 1. The molecular weight excluding hydrogens is 238 g/mol. The lowest BCUT2D eigenvalue weighted by Gasteiger charge is -2.08. The molecule has 0 atom stereocenters. The van der Waals surface area contributed by atoms with E-state index in [9.17, 15) is 4.79 Å². The SMILES string of the molecule is Cn1nc(-c2ccc(Cl)cc2)c(CN)cc1=O.